The van der Waals surface area contributed by atoms with Gasteiger partial charge in [0.15, 0.2) is 0 Å². The van der Waals surface area contributed by atoms with E-state index >= 15 is 0 Å². The fraction of sp³-hybridized carbons (Fsp3) is 0.467. The predicted octanol–water partition coefficient (Wildman–Crippen LogP) is 4.72. The molecule has 1 rings (SSSR count). The van der Waals surface area contributed by atoms with E-state index in [1.54, 1.807) is 0 Å². The molecular formula is C15H24OSi. The quantitative estimate of drug-likeness (QED) is 0.501. The highest BCUT2D eigenvalue weighted by Crippen LogP contribution is 2.23. The summed E-state index contributed by atoms with van der Waals surface area (Å²) in [6.07, 6.45) is 0.907. The molecule has 17 heavy (non-hydrogen) atoms. The fourth-order valence-corrected chi connectivity index (χ4v) is 4.60. The van der Waals surface area contributed by atoms with Crippen LogP contribution in [0.1, 0.15) is 26.3 Å². The third kappa shape index (κ3) is 3.74. The molecule has 94 valence electrons. The van der Waals surface area contributed by atoms with Crippen molar-refractivity contribution in [3.63, 3.8) is 0 Å². The zero-order valence-electron chi connectivity index (χ0n) is 11.3. The molecule has 0 aliphatic rings. The van der Waals surface area contributed by atoms with E-state index in [0.717, 1.165) is 17.6 Å². The normalized spacial score (nSPS) is 11.2. The summed E-state index contributed by atoms with van der Waals surface area (Å²) in [5.74, 6) is 0.817. The van der Waals surface area contributed by atoms with Crippen molar-refractivity contribution in [3.05, 3.63) is 42.5 Å². The Morgan fingerprint density at radius 1 is 1.06 bits per heavy atom. The summed E-state index contributed by atoms with van der Waals surface area (Å²) in [4.78, 5) is 0. The molecule has 0 unspecified atom stereocenters. The van der Waals surface area contributed by atoms with Crippen molar-refractivity contribution in [1.29, 1.82) is 0 Å². The number of rotatable bonds is 7. The standard InChI is InChI=1S/C15H24OSi/c1-5-17(6-2,7-3)13-16-14(4)15-11-9-8-10-12-15/h8-12H,4-7,13H2,1-3H3. The van der Waals surface area contributed by atoms with Crippen LogP contribution in [0.25, 0.3) is 5.76 Å². The van der Waals surface area contributed by atoms with E-state index < -0.39 is 8.07 Å². The Kier molecular flexibility index (Phi) is 5.49. The zero-order valence-corrected chi connectivity index (χ0v) is 12.3. The summed E-state index contributed by atoms with van der Waals surface area (Å²) in [5.41, 5.74) is 1.10. The molecule has 2 heteroatoms. The maximum Gasteiger partial charge on any atom is 0.118 e. The Hall–Kier alpha value is -1.02. The molecule has 1 nitrogen and oxygen atoms in total. The first-order chi connectivity index (χ1) is 8.17. The SMILES string of the molecule is C=C(OC[Si](CC)(CC)CC)c1ccccc1. The highest BCUT2D eigenvalue weighted by Gasteiger charge is 2.28. The summed E-state index contributed by atoms with van der Waals surface area (Å²) in [7, 11) is -1.20. The lowest BCUT2D eigenvalue weighted by atomic mass is 10.2. The molecular weight excluding hydrogens is 224 g/mol. The number of ether oxygens (including phenoxy) is 1. The van der Waals surface area contributed by atoms with Crippen molar-refractivity contribution in [2.24, 2.45) is 0 Å². The van der Waals surface area contributed by atoms with Gasteiger partial charge in [-0.05, 0) is 0 Å². The van der Waals surface area contributed by atoms with Gasteiger partial charge < -0.3 is 4.74 Å². The predicted molar refractivity (Wildman–Crippen MR) is 78.6 cm³/mol. The highest BCUT2D eigenvalue weighted by atomic mass is 28.3. The molecule has 0 bridgehead atoms. The van der Waals surface area contributed by atoms with E-state index in [0.29, 0.717) is 0 Å². The molecule has 0 aliphatic heterocycles. The van der Waals surface area contributed by atoms with Crippen LogP contribution in [0.15, 0.2) is 36.9 Å². The molecule has 0 atom stereocenters. The van der Waals surface area contributed by atoms with Crippen LogP contribution in [0.5, 0.6) is 0 Å². The molecule has 0 amide bonds. The van der Waals surface area contributed by atoms with Gasteiger partial charge in [-0.2, -0.15) is 0 Å². The van der Waals surface area contributed by atoms with E-state index in [4.69, 9.17) is 4.74 Å². The van der Waals surface area contributed by atoms with Crippen molar-refractivity contribution >= 4 is 13.8 Å². The summed E-state index contributed by atoms with van der Waals surface area (Å²) in [6.45, 7) is 10.9. The third-order valence-electron chi connectivity index (χ3n) is 3.90. The molecule has 0 radical (unpaired) electrons. The van der Waals surface area contributed by atoms with Crippen molar-refractivity contribution < 1.29 is 4.74 Å². The Bertz CT molecular complexity index is 333. The minimum Gasteiger partial charge on any atom is -0.497 e. The molecule has 0 spiro atoms. The number of hydrogen-bond acceptors (Lipinski definition) is 1. The lowest BCUT2D eigenvalue weighted by Crippen LogP contribution is -2.37. The first-order valence-corrected chi connectivity index (χ1v) is 9.37. The lowest BCUT2D eigenvalue weighted by Gasteiger charge is -2.28. The first kappa shape index (κ1) is 14.0. The summed E-state index contributed by atoms with van der Waals surface area (Å²) >= 11 is 0. The molecule has 0 heterocycles. The van der Waals surface area contributed by atoms with Crippen LogP contribution in [0, 0.1) is 0 Å². The smallest absolute Gasteiger partial charge is 0.118 e. The van der Waals surface area contributed by atoms with Crippen LogP contribution in [-0.2, 0) is 4.74 Å². The first-order valence-electron chi connectivity index (χ1n) is 6.54. The van der Waals surface area contributed by atoms with Crippen LogP contribution in [0.2, 0.25) is 18.1 Å². The monoisotopic (exact) mass is 248 g/mol. The van der Waals surface area contributed by atoms with Gasteiger partial charge in [-0.1, -0.05) is 75.8 Å². The molecule has 0 saturated carbocycles. The molecule has 1 aromatic carbocycles. The molecule has 0 fully saturated rings. The van der Waals surface area contributed by atoms with Crippen LogP contribution in [0.3, 0.4) is 0 Å². The minimum absolute atomic E-state index is 0.817. The summed E-state index contributed by atoms with van der Waals surface area (Å²) in [5, 5.41) is 0. The van der Waals surface area contributed by atoms with Crippen LogP contribution in [0.4, 0.5) is 0 Å². The van der Waals surface area contributed by atoms with Crippen LogP contribution >= 0.6 is 0 Å². The molecule has 0 N–H and O–H groups in total. The van der Waals surface area contributed by atoms with E-state index in [1.807, 2.05) is 18.2 Å². The Labute approximate surface area is 107 Å². The van der Waals surface area contributed by atoms with Gasteiger partial charge in [-0.15, -0.1) is 0 Å². The van der Waals surface area contributed by atoms with Gasteiger partial charge in [-0.25, -0.2) is 0 Å². The summed E-state index contributed by atoms with van der Waals surface area (Å²) in [6, 6.07) is 14.0. The van der Waals surface area contributed by atoms with E-state index in [1.165, 1.54) is 18.1 Å². The highest BCUT2D eigenvalue weighted by molar-refractivity contribution is 6.79. The van der Waals surface area contributed by atoms with Gasteiger partial charge in [0, 0.05) is 5.56 Å². The Morgan fingerprint density at radius 3 is 2.06 bits per heavy atom. The van der Waals surface area contributed by atoms with Gasteiger partial charge in [0.05, 0.1) is 14.3 Å². The lowest BCUT2D eigenvalue weighted by molar-refractivity contribution is 0.332. The maximum atomic E-state index is 5.93. The van der Waals surface area contributed by atoms with Gasteiger partial charge in [0.25, 0.3) is 0 Å². The van der Waals surface area contributed by atoms with Gasteiger partial charge in [0.1, 0.15) is 5.76 Å². The average Bonchev–Trinajstić information content (AvgIpc) is 2.41. The van der Waals surface area contributed by atoms with Crippen molar-refractivity contribution in [2.45, 2.75) is 38.9 Å². The van der Waals surface area contributed by atoms with Gasteiger partial charge >= 0.3 is 0 Å². The van der Waals surface area contributed by atoms with Crippen LogP contribution in [-0.4, -0.2) is 14.3 Å². The van der Waals surface area contributed by atoms with E-state index in [9.17, 15) is 0 Å². The number of benzene rings is 1. The minimum atomic E-state index is -1.20. The van der Waals surface area contributed by atoms with E-state index in [2.05, 4.69) is 39.5 Å². The van der Waals surface area contributed by atoms with Crippen molar-refractivity contribution in [3.8, 4) is 0 Å². The molecule has 0 aromatic heterocycles. The molecule has 0 aliphatic carbocycles. The van der Waals surface area contributed by atoms with Gasteiger partial charge in [0.2, 0.25) is 0 Å². The van der Waals surface area contributed by atoms with Crippen molar-refractivity contribution in [2.75, 3.05) is 6.23 Å². The second kappa shape index (κ2) is 6.65. The number of hydrogen-bond donors (Lipinski definition) is 0. The Morgan fingerprint density at radius 2 is 1.59 bits per heavy atom. The topological polar surface area (TPSA) is 9.23 Å². The van der Waals surface area contributed by atoms with E-state index in [-0.39, 0.29) is 0 Å². The van der Waals surface area contributed by atoms with Crippen LogP contribution < -0.4 is 0 Å². The third-order valence-corrected chi connectivity index (χ3v) is 9.16. The van der Waals surface area contributed by atoms with Gasteiger partial charge in [-0.3, -0.25) is 0 Å². The molecule has 0 saturated heterocycles. The fourth-order valence-electron chi connectivity index (χ4n) is 2.00. The largest absolute Gasteiger partial charge is 0.497 e. The zero-order chi connectivity index (χ0) is 12.7. The summed E-state index contributed by atoms with van der Waals surface area (Å²) < 4.78 is 5.93. The molecule has 1 aromatic rings. The second-order valence-corrected chi connectivity index (χ2v) is 10.0. The Balaban J connectivity index is 2.59. The maximum absolute atomic E-state index is 5.93. The second-order valence-electron chi connectivity index (χ2n) is 4.64. The van der Waals surface area contributed by atoms with Crippen molar-refractivity contribution in [1.82, 2.24) is 0 Å². The average molecular weight is 248 g/mol.